The van der Waals surface area contributed by atoms with Crippen molar-refractivity contribution in [3.05, 3.63) is 48.1 Å². The molecular weight excluding hydrogens is 150 g/mol. The van der Waals surface area contributed by atoms with Gasteiger partial charge < -0.3 is 4.84 Å². The summed E-state index contributed by atoms with van der Waals surface area (Å²) in [6, 6.07) is 0. The molecule has 0 fully saturated rings. The van der Waals surface area contributed by atoms with Crippen molar-refractivity contribution in [1.82, 2.24) is 0 Å². The number of oxime groups is 1. The highest BCUT2D eigenvalue weighted by Gasteiger charge is 2.14. The van der Waals surface area contributed by atoms with Gasteiger partial charge in [0.25, 0.3) is 0 Å². The Labute approximate surface area is 71.2 Å². The molecule has 0 amide bonds. The van der Waals surface area contributed by atoms with Crippen LogP contribution in [0.3, 0.4) is 0 Å². The molecule has 2 nitrogen and oxygen atoms in total. The van der Waals surface area contributed by atoms with Crippen LogP contribution in [0.1, 0.15) is 0 Å². The topological polar surface area (TPSA) is 21.6 Å². The lowest BCUT2D eigenvalue weighted by Gasteiger charge is -2.01. The molecule has 0 radical (unpaired) electrons. The van der Waals surface area contributed by atoms with Gasteiger partial charge >= 0.3 is 0 Å². The van der Waals surface area contributed by atoms with E-state index >= 15 is 0 Å². The molecule has 0 saturated carbocycles. The molecule has 2 heteroatoms. The minimum absolute atomic E-state index is 0.00241. The van der Waals surface area contributed by atoms with E-state index in [0.29, 0.717) is 0 Å². The second-order valence-corrected chi connectivity index (χ2v) is 2.58. The standard InChI is InChI=1S/C10H9NO/c1-2-4-6-9-8-11-12-10(9)7-5-3-1/h1-8,10H/b3-1-,4-2-,7-5-,9-6-. The van der Waals surface area contributed by atoms with Crippen molar-refractivity contribution >= 4 is 6.21 Å². The number of fused-ring (bicyclic) bond motifs is 1. The molecule has 1 unspecified atom stereocenters. The molecule has 12 heavy (non-hydrogen) atoms. The maximum Gasteiger partial charge on any atom is 0.172 e. The van der Waals surface area contributed by atoms with Gasteiger partial charge in [0.05, 0.1) is 6.21 Å². The average Bonchev–Trinajstić information content (AvgIpc) is 2.50. The van der Waals surface area contributed by atoms with E-state index in [9.17, 15) is 0 Å². The van der Waals surface area contributed by atoms with Crippen LogP contribution in [0, 0.1) is 0 Å². The van der Waals surface area contributed by atoms with Crippen molar-refractivity contribution in [2.24, 2.45) is 5.16 Å². The highest BCUT2D eigenvalue weighted by Crippen LogP contribution is 2.14. The van der Waals surface area contributed by atoms with Crippen molar-refractivity contribution < 1.29 is 4.84 Å². The fourth-order valence-electron chi connectivity index (χ4n) is 1.10. The Morgan fingerprint density at radius 2 is 1.92 bits per heavy atom. The Morgan fingerprint density at radius 3 is 2.92 bits per heavy atom. The molecule has 0 aromatic rings. The van der Waals surface area contributed by atoms with E-state index in [-0.39, 0.29) is 6.10 Å². The highest BCUT2D eigenvalue weighted by molar-refractivity contribution is 5.82. The predicted octanol–water partition coefficient (Wildman–Crippen LogP) is 1.98. The Morgan fingerprint density at radius 1 is 1.08 bits per heavy atom. The fourth-order valence-corrected chi connectivity index (χ4v) is 1.10. The van der Waals surface area contributed by atoms with Gasteiger partial charge in [-0.2, -0.15) is 0 Å². The van der Waals surface area contributed by atoms with Gasteiger partial charge in [-0.3, -0.25) is 0 Å². The molecule has 1 aliphatic heterocycles. The minimum atomic E-state index is -0.00241. The quantitative estimate of drug-likeness (QED) is 0.529. The van der Waals surface area contributed by atoms with Crippen LogP contribution in [0.4, 0.5) is 0 Å². The van der Waals surface area contributed by atoms with Crippen LogP contribution in [-0.2, 0) is 4.84 Å². The number of hydrogen-bond donors (Lipinski definition) is 0. The third-order valence-corrected chi connectivity index (χ3v) is 1.72. The first-order chi connectivity index (χ1) is 5.97. The smallest absolute Gasteiger partial charge is 0.172 e. The van der Waals surface area contributed by atoms with Crippen molar-refractivity contribution in [1.29, 1.82) is 0 Å². The summed E-state index contributed by atoms with van der Waals surface area (Å²) in [5.41, 5.74) is 1.09. The van der Waals surface area contributed by atoms with Crippen molar-refractivity contribution in [2.75, 3.05) is 0 Å². The van der Waals surface area contributed by atoms with Crippen LogP contribution >= 0.6 is 0 Å². The van der Waals surface area contributed by atoms with E-state index in [1.54, 1.807) is 6.21 Å². The molecule has 0 saturated heterocycles. The Bertz CT molecular complexity index is 308. The number of hydrogen-bond acceptors (Lipinski definition) is 2. The van der Waals surface area contributed by atoms with E-state index in [0.717, 1.165) is 5.57 Å². The van der Waals surface area contributed by atoms with Gasteiger partial charge in [0.1, 0.15) is 0 Å². The van der Waals surface area contributed by atoms with E-state index in [1.807, 2.05) is 42.5 Å². The first-order valence-corrected chi connectivity index (χ1v) is 3.88. The van der Waals surface area contributed by atoms with Crippen LogP contribution in [-0.4, -0.2) is 12.3 Å². The molecule has 1 heterocycles. The molecule has 60 valence electrons. The van der Waals surface area contributed by atoms with Gasteiger partial charge in [-0.05, 0) is 6.08 Å². The summed E-state index contributed by atoms with van der Waals surface area (Å²) in [5.74, 6) is 0. The number of rotatable bonds is 0. The molecule has 2 aliphatic rings. The summed E-state index contributed by atoms with van der Waals surface area (Å²) in [6.07, 6.45) is 15.6. The maximum atomic E-state index is 5.09. The zero-order chi connectivity index (χ0) is 8.23. The average molecular weight is 159 g/mol. The third kappa shape index (κ3) is 1.37. The van der Waals surface area contributed by atoms with Gasteiger partial charge in [0, 0.05) is 5.57 Å². The summed E-state index contributed by atoms with van der Waals surface area (Å²) in [4.78, 5) is 5.09. The second-order valence-electron chi connectivity index (χ2n) is 2.58. The molecular formula is C10H9NO. The molecule has 0 bridgehead atoms. The van der Waals surface area contributed by atoms with Gasteiger partial charge in [-0.1, -0.05) is 41.6 Å². The maximum absolute atomic E-state index is 5.09. The zero-order valence-corrected chi connectivity index (χ0v) is 6.55. The van der Waals surface area contributed by atoms with Gasteiger partial charge in [0.15, 0.2) is 6.10 Å². The first-order valence-electron chi connectivity index (χ1n) is 3.88. The third-order valence-electron chi connectivity index (χ3n) is 1.72. The molecule has 0 aromatic heterocycles. The van der Waals surface area contributed by atoms with E-state index < -0.39 is 0 Å². The molecule has 1 atom stereocenters. The molecule has 0 N–H and O–H groups in total. The largest absolute Gasteiger partial charge is 0.383 e. The van der Waals surface area contributed by atoms with E-state index in [1.165, 1.54) is 0 Å². The van der Waals surface area contributed by atoms with Gasteiger partial charge in [-0.25, -0.2) is 0 Å². The highest BCUT2D eigenvalue weighted by atomic mass is 16.6. The lowest BCUT2D eigenvalue weighted by molar-refractivity contribution is 0.137. The van der Waals surface area contributed by atoms with Crippen molar-refractivity contribution in [2.45, 2.75) is 6.10 Å². The summed E-state index contributed by atoms with van der Waals surface area (Å²) in [6.45, 7) is 0. The Hall–Kier alpha value is -1.57. The Kier molecular flexibility index (Phi) is 1.90. The van der Waals surface area contributed by atoms with Crippen LogP contribution in [0.25, 0.3) is 0 Å². The van der Waals surface area contributed by atoms with E-state index in [2.05, 4.69) is 5.16 Å². The summed E-state index contributed by atoms with van der Waals surface area (Å²) in [7, 11) is 0. The van der Waals surface area contributed by atoms with Crippen molar-refractivity contribution in [3.8, 4) is 0 Å². The first kappa shape index (κ1) is 7.10. The monoisotopic (exact) mass is 159 g/mol. The van der Waals surface area contributed by atoms with Crippen LogP contribution in [0.5, 0.6) is 0 Å². The normalized spacial score (nSPS) is 37.7. The van der Waals surface area contributed by atoms with Gasteiger partial charge in [-0.15, -0.1) is 0 Å². The number of nitrogens with zero attached hydrogens (tertiary/aromatic N) is 1. The lowest BCUT2D eigenvalue weighted by Crippen LogP contribution is -2.03. The minimum Gasteiger partial charge on any atom is -0.383 e. The van der Waals surface area contributed by atoms with Crippen molar-refractivity contribution in [3.63, 3.8) is 0 Å². The number of allylic oxidation sites excluding steroid dienone is 6. The van der Waals surface area contributed by atoms with Crippen LogP contribution < -0.4 is 0 Å². The summed E-state index contributed by atoms with van der Waals surface area (Å²) >= 11 is 0. The second kappa shape index (κ2) is 3.22. The van der Waals surface area contributed by atoms with Crippen LogP contribution in [0.15, 0.2) is 53.3 Å². The summed E-state index contributed by atoms with van der Waals surface area (Å²) in [5, 5.41) is 3.74. The lowest BCUT2D eigenvalue weighted by atomic mass is 10.1. The predicted molar refractivity (Wildman–Crippen MR) is 48.9 cm³/mol. The van der Waals surface area contributed by atoms with Crippen LogP contribution in [0.2, 0.25) is 0 Å². The van der Waals surface area contributed by atoms with E-state index in [4.69, 9.17) is 4.84 Å². The van der Waals surface area contributed by atoms with Gasteiger partial charge in [0.2, 0.25) is 0 Å². The zero-order valence-electron chi connectivity index (χ0n) is 6.55. The SMILES string of the molecule is C1=NOC2\C=C/C=C\C=C/C=C/12. The molecule has 0 spiro atoms. The Balaban J connectivity index is 2.30. The molecule has 2 rings (SSSR count). The fraction of sp³-hybridized carbons (Fsp3) is 0.100. The molecule has 1 aliphatic carbocycles. The summed E-state index contributed by atoms with van der Waals surface area (Å²) < 4.78 is 0. The molecule has 0 aromatic carbocycles.